The molecule has 0 aliphatic rings. The molecule has 0 radical (unpaired) electrons. The zero-order valence-electron chi connectivity index (χ0n) is 15.8. The molecule has 0 saturated heterocycles. The normalized spacial score (nSPS) is 16.2. The molecule has 1 atom stereocenters. The minimum absolute atomic E-state index is 0.0334. The van der Waals surface area contributed by atoms with Crippen LogP contribution in [0.4, 0.5) is 4.39 Å². The number of ether oxygens (including phenoxy) is 1. The minimum Gasteiger partial charge on any atom is -0.464 e. The Balaban J connectivity index is 5.76. The van der Waals surface area contributed by atoms with Gasteiger partial charge in [-0.05, 0) is 51.6 Å². The molecular weight excluding hydrogens is 317 g/mol. The highest BCUT2D eigenvalue weighted by Gasteiger charge is 2.14. The number of hydrogen-bond acceptors (Lipinski definition) is 3. The molecular formula is C20H28FN3O. The zero-order valence-corrected chi connectivity index (χ0v) is 15.8. The van der Waals surface area contributed by atoms with Crippen molar-refractivity contribution in [2.45, 2.75) is 33.9 Å². The second kappa shape index (κ2) is 12.8. The van der Waals surface area contributed by atoms with E-state index in [-0.39, 0.29) is 11.7 Å². The second-order valence-electron chi connectivity index (χ2n) is 5.08. The van der Waals surface area contributed by atoms with Crippen molar-refractivity contribution in [1.82, 2.24) is 0 Å². The van der Waals surface area contributed by atoms with Crippen molar-refractivity contribution in [2.75, 3.05) is 13.7 Å². The van der Waals surface area contributed by atoms with Gasteiger partial charge in [0.25, 0.3) is 0 Å². The number of rotatable bonds is 8. The van der Waals surface area contributed by atoms with Crippen LogP contribution in [0.1, 0.15) is 27.7 Å². The fraction of sp³-hybridized carbons (Fsp3) is 0.350. The first kappa shape index (κ1) is 22.4. The molecule has 0 aliphatic heterocycles. The van der Waals surface area contributed by atoms with Gasteiger partial charge in [0.05, 0.1) is 12.3 Å². The summed E-state index contributed by atoms with van der Waals surface area (Å²) in [5, 5.41) is 0. The van der Waals surface area contributed by atoms with Crippen molar-refractivity contribution in [3.8, 4) is 0 Å². The van der Waals surface area contributed by atoms with Crippen molar-refractivity contribution in [1.29, 1.82) is 0 Å². The van der Waals surface area contributed by atoms with Crippen LogP contribution < -0.4 is 0 Å². The summed E-state index contributed by atoms with van der Waals surface area (Å²) >= 11 is 0. The maximum absolute atomic E-state index is 14.8. The number of aliphatic imine (C=N–C) groups is 3. The van der Waals surface area contributed by atoms with E-state index in [1.807, 2.05) is 26.0 Å². The molecule has 0 rings (SSSR count). The van der Waals surface area contributed by atoms with E-state index in [0.717, 1.165) is 11.1 Å². The van der Waals surface area contributed by atoms with Gasteiger partial charge in [-0.2, -0.15) is 4.99 Å². The Labute approximate surface area is 150 Å². The summed E-state index contributed by atoms with van der Waals surface area (Å²) < 4.78 is 20.0. The second-order valence-corrected chi connectivity index (χ2v) is 5.08. The Hall–Kier alpha value is -2.56. The summed E-state index contributed by atoms with van der Waals surface area (Å²) in [6.45, 7) is 14.8. The number of alkyl halides is 1. The monoisotopic (exact) mass is 345 g/mol. The first-order valence-corrected chi connectivity index (χ1v) is 8.03. The molecule has 0 aromatic carbocycles. The Morgan fingerprint density at radius 1 is 1.32 bits per heavy atom. The Morgan fingerprint density at radius 3 is 2.48 bits per heavy atom. The highest BCUT2D eigenvalue weighted by Crippen LogP contribution is 2.17. The van der Waals surface area contributed by atoms with Gasteiger partial charge in [-0.3, -0.25) is 4.99 Å². The third-order valence-electron chi connectivity index (χ3n) is 3.12. The van der Waals surface area contributed by atoms with E-state index in [4.69, 9.17) is 4.74 Å². The average Bonchev–Trinajstić information content (AvgIpc) is 2.61. The lowest BCUT2D eigenvalue weighted by atomic mass is 10.1. The number of halogens is 1. The number of hydrogen-bond donors (Lipinski definition) is 0. The molecule has 0 amide bonds. The van der Waals surface area contributed by atoms with E-state index in [0.29, 0.717) is 12.2 Å². The average molecular weight is 345 g/mol. The standard InChI is InChI=1S/C20H28FN3O/c1-8-15(4)13-17(9-2)11-12-18(21)19(16(5)14-22-6)24-20(23-7)25-10-3/h8-9,11-14,18H,1,7,10H2,2-6H3/b12-11-,15-13-,17-9-,19-16+,22-14?,24-20?. The maximum atomic E-state index is 14.8. The van der Waals surface area contributed by atoms with Crippen LogP contribution in [0.3, 0.4) is 0 Å². The molecule has 0 heterocycles. The third-order valence-corrected chi connectivity index (χ3v) is 3.12. The summed E-state index contributed by atoms with van der Waals surface area (Å²) in [7, 11) is 1.61. The molecule has 136 valence electrons. The molecule has 0 saturated carbocycles. The van der Waals surface area contributed by atoms with Gasteiger partial charge in [0.15, 0.2) is 6.17 Å². The third kappa shape index (κ3) is 8.74. The van der Waals surface area contributed by atoms with Crippen molar-refractivity contribution < 1.29 is 9.13 Å². The predicted molar refractivity (Wildman–Crippen MR) is 107 cm³/mol. The lowest BCUT2D eigenvalue weighted by Gasteiger charge is -2.09. The van der Waals surface area contributed by atoms with Gasteiger partial charge in [-0.1, -0.05) is 36.5 Å². The van der Waals surface area contributed by atoms with Gasteiger partial charge in [0, 0.05) is 13.3 Å². The number of nitrogens with zero attached hydrogens (tertiary/aromatic N) is 3. The van der Waals surface area contributed by atoms with Gasteiger partial charge in [0.2, 0.25) is 0 Å². The summed E-state index contributed by atoms with van der Waals surface area (Å²) in [5.41, 5.74) is 2.63. The molecule has 0 aromatic heterocycles. The Bertz CT molecular complexity index is 637. The first-order valence-electron chi connectivity index (χ1n) is 8.03. The summed E-state index contributed by atoms with van der Waals surface area (Å²) in [6.07, 6.45) is 8.78. The minimum atomic E-state index is -1.44. The van der Waals surface area contributed by atoms with Crippen molar-refractivity contribution in [2.24, 2.45) is 15.0 Å². The largest absolute Gasteiger partial charge is 0.464 e. The van der Waals surface area contributed by atoms with Crippen molar-refractivity contribution in [3.63, 3.8) is 0 Å². The molecule has 25 heavy (non-hydrogen) atoms. The SMILES string of the molecule is C=C\C(C)=C/C(/C=C\C(F)/C(N=C(N=C)OCC)=C(/C)C=NC)=C\C. The predicted octanol–water partition coefficient (Wildman–Crippen LogP) is 5.03. The van der Waals surface area contributed by atoms with Gasteiger partial charge >= 0.3 is 6.02 Å². The smallest absolute Gasteiger partial charge is 0.316 e. The highest BCUT2D eigenvalue weighted by atomic mass is 19.1. The quantitative estimate of drug-likeness (QED) is 0.346. The lowest BCUT2D eigenvalue weighted by molar-refractivity contribution is 0.320. The van der Waals surface area contributed by atoms with Crippen LogP contribution in [-0.4, -0.2) is 38.8 Å². The fourth-order valence-corrected chi connectivity index (χ4v) is 1.81. The van der Waals surface area contributed by atoms with E-state index in [9.17, 15) is 4.39 Å². The molecule has 1 unspecified atom stereocenters. The lowest BCUT2D eigenvalue weighted by Crippen LogP contribution is -2.08. The molecule has 4 nitrogen and oxygen atoms in total. The Kier molecular flexibility index (Phi) is 11.5. The first-order chi connectivity index (χ1) is 11.9. The summed E-state index contributed by atoms with van der Waals surface area (Å²) in [5.74, 6) is 0. The Morgan fingerprint density at radius 2 is 2.00 bits per heavy atom. The van der Waals surface area contributed by atoms with Gasteiger partial charge < -0.3 is 4.74 Å². The van der Waals surface area contributed by atoms with Gasteiger partial charge in [-0.15, -0.1) is 0 Å². The van der Waals surface area contributed by atoms with E-state index < -0.39 is 6.17 Å². The number of allylic oxidation sites excluding steroid dienone is 8. The number of amidine groups is 1. The van der Waals surface area contributed by atoms with Crippen LogP contribution in [0.15, 0.2) is 74.4 Å². The highest BCUT2D eigenvalue weighted by molar-refractivity contribution is 5.83. The summed E-state index contributed by atoms with van der Waals surface area (Å²) in [4.78, 5) is 11.8. The molecule has 0 spiro atoms. The molecule has 0 N–H and O–H groups in total. The molecule has 0 aliphatic carbocycles. The summed E-state index contributed by atoms with van der Waals surface area (Å²) in [6, 6.07) is 0.0334. The van der Waals surface area contributed by atoms with Crippen LogP contribution >= 0.6 is 0 Å². The molecule has 0 fully saturated rings. The van der Waals surface area contributed by atoms with E-state index >= 15 is 0 Å². The zero-order chi connectivity index (χ0) is 19.2. The molecule has 0 bridgehead atoms. The maximum Gasteiger partial charge on any atom is 0.316 e. The molecule has 0 aromatic rings. The fourth-order valence-electron chi connectivity index (χ4n) is 1.81. The van der Waals surface area contributed by atoms with Gasteiger partial charge in [0.1, 0.15) is 0 Å². The van der Waals surface area contributed by atoms with Crippen LogP contribution in [-0.2, 0) is 4.74 Å². The van der Waals surface area contributed by atoms with E-state index in [1.54, 1.807) is 39.3 Å². The van der Waals surface area contributed by atoms with E-state index in [2.05, 4.69) is 28.3 Å². The topological polar surface area (TPSA) is 46.3 Å². The van der Waals surface area contributed by atoms with Crippen molar-refractivity contribution in [3.05, 3.63) is 59.4 Å². The molecule has 5 heteroatoms. The van der Waals surface area contributed by atoms with E-state index in [1.165, 1.54) is 6.08 Å². The van der Waals surface area contributed by atoms with Crippen LogP contribution in [0, 0.1) is 0 Å². The van der Waals surface area contributed by atoms with Crippen molar-refractivity contribution >= 4 is 19.0 Å². The van der Waals surface area contributed by atoms with Crippen LogP contribution in [0.25, 0.3) is 0 Å². The van der Waals surface area contributed by atoms with Crippen LogP contribution in [0.2, 0.25) is 0 Å². The van der Waals surface area contributed by atoms with Crippen LogP contribution in [0.5, 0.6) is 0 Å². The van der Waals surface area contributed by atoms with Gasteiger partial charge in [-0.25, -0.2) is 9.38 Å².